The summed E-state index contributed by atoms with van der Waals surface area (Å²) in [5, 5.41) is 3.04. The number of nitrogens with zero attached hydrogens (tertiary/aromatic N) is 3. The summed E-state index contributed by atoms with van der Waals surface area (Å²) in [6, 6.07) is 5.92. The van der Waals surface area contributed by atoms with Crippen molar-refractivity contribution >= 4 is 17.5 Å². The van der Waals surface area contributed by atoms with Crippen molar-refractivity contribution in [3.05, 3.63) is 46.3 Å². The van der Waals surface area contributed by atoms with Crippen LogP contribution in [0.15, 0.2) is 18.2 Å². The average Bonchev–Trinajstić information content (AvgIpc) is 2.86. The van der Waals surface area contributed by atoms with Crippen LogP contribution in [0.2, 0.25) is 0 Å². The molecule has 0 aliphatic carbocycles. The zero-order chi connectivity index (χ0) is 18.7. The molecule has 0 radical (unpaired) electrons. The van der Waals surface area contributed by atoms with E-state index in [1.165, 1.54) is 18.4 Å². The normalized spacial score (nSPS) is 14.8. The predicted octanol–water partition coefficient (Wildman–Crippen LogP) is 4.34. The Labute approximate surface area is 155 Å². The lowest BCUT2D eigenvalue weighted by atomic mass is 10.0. The first kappa shape index (κ1) is 18.4. The second kappa shape index (κ2) is 7.85. The molecule has 0 saturated carbocycles. The van der Waals surface area contributed by atoms with Crippen molar-refractivity contribution in [3.63, 3.8) is 0 Å². The minimum atomic E-state index is -0.179. The number of amides is 1. The first-order valence-electron chi connectivity index (χ1n) is 9.44. The van der Waals surface area contributed by atoms with Crippen molar-refractivity contribution in [2.24, 2.45) is 0 Å². The Balaban J connectivity index is 1.85. The largest absolute Gasteiger partial charge is 0.341 e. The van der Waals surface area contributed by atoms with E-state index >= 15 is 0 Å². The van der Waals surface area contributed by atoms with E-state index in [1.807, 2.05) is 20.8 Å². The van der Waals surface area contributed by atoms with E-state index in [-0.39, 0.29) is 5.91 Å². The van der Waals surface area contributed by atoms with E-state index in [1.54, 1.807) is 6.07 Å². The molecule has 0 atom stereocenters. The Morgan fingerprint density at radius 3 is 2.15 bits per heavy atom. The minimum Gasteiger partial charge on any atom is -0.341 e. The number of hydrogen-bond acceptors (Lipinski definition) is 4. The molecule has 1 saturated heterocycles. The van der Waals surface area contributed by atoms with Gasteiger partial charge in [0.25, 0.3) is 5.91 Å². The molecule has 2 aromatic rings. The summed E-state index contributed by atoms with van der Waals surface area (Å²) in [7, 11) is 0. The zero-order valence-corrected chi connectivity index (χ0v) is 16.2. The van der Waals surface area contributed by atoms with Crippen LogP contribution in [-0.4, -0.2) is 29.0 Å². The molecular formula is C21H28N4O. The maximum atomic E-state index is 12.8. The molecule has 1 aromatic carbocycles. The molecule has 0 bridgehead atoms. The van der Waals surface area contributed by atoms with Crippen LogP contribution in [0.1, 0.15) is 58.6 Å². The van der Waals surface area contributed by atoms with Gasteiger partial charge in [0.15, 0.2) is 0 Å². The first-order valence-corrected chi connectivity index (χ1v) is 9.44. The monoisotopic (exact) mass is 352 g/mol. The number of anilines is 2. The molecule has 0 spiro atoms. The van der Waals surface area contributed by atoms with E-state index in [0.29, 0.717) is 11.6 Å². The number of nitrogens with one attached hydrogen (secondary N) is 1. The molecule has 138 valence electrons. The Hall–Kier alpha value is -2.43. The van der Waals surface area contributed by atoms with Gasteiger partial charge in [-0.2, -0.15) is 0 Å². The third-order valence-corrected chi connectivity index (χ3v) is 4.88. The summed E-state index contributed by atoms with van der Waals surface area (Å²) in [4.78, 5) is 24.2. The van der Waals surface area contributed by atoms with E-state index in [4.69, 9.17) is 0 Å². The average molecular weight is 352 g/mol. The molecule has 1 aliphatic rings. The number of aromatic nitrogens is 2. The minimum absolute atomic E-state index is 0.179. The van der Waals surface area contributed by atoms with Crippen LogP contribution in [0.3, 0.4) is 0 Å². The second-order valence-corrected chi connectivity index (χ2v) is 7.32. The van der Waals surface area contributed by atoms with Gasteiger partial charge >= 0.3 is 0 Å². The summed E-state index contributed by atoms with van der Waals surface area (Å²) in [5.41, 5.74) is 5.44. The third-order valence-electron chi connectivity index (χ3n) is 4.88. The van der Waals surface area contributed by atoms with Crippen molar-refractivity contribution in [1.29, 1.82) is 0 Å². The molecule has 0 unspecified atom stereocenters. The summed E-state index contributed by atoms with van der Waals surface area (Å²) >= 11 is 0. The van der Waals surface area contributed by atoms with Crippen LogP contribution >= 0.6 is 0 Å². The van der Waals surface area contributed by atoms with Crippen molar-refractivity contribution in [2.75, 3.05) is 23.3 Å². The van der Waals surface area contributed by atoms with E-state index in [9.17, 15) is 4.79 Å². The highest BCUT2D eigenvalue weighted by atomic mass is 16.1. The zero-order valence-electron chi connectivity index (χ0n) is 16.2. The molecule has 1 fully saturated rings. The van der Waals surface area contributed by atoms with Crippen LogP contribution in [0.25, 0.3) is 0 Å². The predicted molar refractivity (Wildman–Crippen MR) is 106 cm³/mol. The summed E-state index contributed by atoms with van der Waals surface area (Å²) in [5.74, 6) is 0.496. The Morgan fingerprint density at radius 1 is 0.923 bits per heavy atom. The lowest BCUT2D eigenvalue weighted by molar-refractivity contribution is 0.102. The Bertz CT molecular complexity index is 785. The first-order chi connectivity index (χ1) is 12.4. The summed E-state index contributed by atoms with van der Waals surface area (Å²) in [6.45, 7) is 9.93. The fraction of sp³-hybridized carbons (Fsp3) is 0.476. The quantitative estimate of drug-likeness (QED) is 0.892. The Morgan fingerprint density at radius 2 is 1.54 bits per heavy atom. The molecule has 1 aromatic heterocycles. The van der Waals surface area contributed by atoms with Gasteiger partial charge in [0.1, 0.15) is 5.69 Å². The van der Waals surface area contributed by atoms with E-state index in [2.05, 4.69) is 39.2 Å². The molecule has 1 N–H and O–H groups in total. The maximum Gasteiger partial charge on any atom is 0.274 e. The summed E-state index contributed by atoms with van der Waals surface area (Å²) < 4.78 is 0. The summed E-state index contributed by atoms with van der Waals surface area (Å²) in [6.07, 6.45) is 4.81. The van der Waals surface area contributed by atoms with E-state index < -0.39 is 0 Å². The van der Waals surface area contributed by atoms with Crippen LogP contribution in [-0.2, 0) is 0 Å². The molecular weight excluding hydrogens is 324 g/mol. The highest BCUT2D eigenvalue weighted by Gasteiger charge is 2.17. The van der Waals surface area contributed by atoms with Gasteiger partial charge in [0.05, 0.1) is 0 Å². The number of hydrogen-bond donors (Lipinski definition) is 1. The van der Waals surface area contributed by atoms with Gasteiger partial charge in [-0.3, -0.25) is 4.79 Å². The van der Waals surface area contributed by atoms with Gasteiger partial charge in [-0.05, 0) is 57.7 Å². The van der Waals surface area contributed by atoms with Crippen LogP contribution < -0.4 is 10.2 Å². The van der Waals surface area contributed by atoms with Gasteiger partial charge in [0, 0.05) is 24.5 Å². The molecule has 1 amide bonds. The molecule has 26 heavy (non-hydrogen) atoms. The van der Waals surface area contributed by atoms with Gasteiger partial charge in [-0.25, -0.2) is 9.97 Å². The molecule has 3 rings (SSSR count). The highest BCUT2D eigenvalue weighted by molar-refractivity contribution is 6.04. The van der Waals surface area contributed by atoms with Gasteiger partial charge in [-0.1, -0.05) is 30.5 Å². The van der Waals surface area contributed by atoms with Gasteiger partial charge in [-0.15, -0.1) is 0 Å². The Kier molecular flexibility index (Phi) is 5.55. The number of carbonyl (C=O) groups is 1. The molecule has 5 nitrogen and oxygen atoms in total. The molecule has 1 aliphatic heterocycles. The number of benzene rings is 1. The molecule has 2 heterocycles. The number of rotatable bonds is 3. The fourth-order valence-electron chi connectivity index (χ4n) is 3.64. The number of aryl methyl sites for hydroxylation is 4. The lowest BCUT2D eigenvalue weighted by Crippen LogP contribution is -2.27. The molecule has 5 heteroatoms. The van der Waals surface area contributed by atoms with Crippen molar-refractivity contribution < 1.29 is 4.79 Å². The third kappa shape index (κ3) is 4.21. The standard InChI is InChI=1S/C21H28N4O/c1-14-11-15(2)19(16(3)12-14)24-20(26)18-13-17(4)22-21(23-18)25-9-7-5-6-8-10-25/h11-13H,5-10H2,1-4H3,(H,24,26). The van der Waals surface area contributed by atoms with Crippen molar-refractivity contribution in [3.8, 4) is 0 Å². The maximum absolute atomic E-state index is 12.8. The highest BCUT2D eigenvalue weighted by Crippen LogP contribution is 2.23. The fourth-order valence-corrected chi connectivity index (χ4v) is 3.64. The SMILES string of the molecule is Cc1cc(C)c(NC(=O)c2cc(C)nc(N3CCCCCC3)n2)c(C)c1. The van der Waals surface area contributed by atoms with Crippen molar-refractivity contribution in [2.45, 2.75) is 53.4 Å². The topological polar surface area (TPSA) is 58.1 Å². The lowest BCUT2D eigenvalue weighted by Gasteiger charge is -2.21. The van der Waals surface area contributed by atoms with Crippen molar-refractivity contribution in [1.82, 2.24) is 9.97 Å². The van der Waals surface area contributed by atoms with Gasteiger partial charge in [0.2, 0.25) is 5.95 Å². The van der Waals surface area contributed by atoms with Crippen LogP contribution in [0, 0.1) is 27.7 Å². The smallest absolute Gasteiger partial charge is 0.274 e. The van der Waals surface area contributed by atoms with Crippen LogP contribution in [0.4, 0.5) is 11.6 Å². The van der Waals surface area contributed by atoms with Crippen LogP contribution in [0.5, 0.6) is 0 Å². The van der Waals surface area contributed by atoms with Gasteiger partial charge < -0.3 is 10.2 Å². The second-order valence-electron chi connectivity index (χ2n) is 7.32. The number of carbonyl (C=O) groups excluding carboxylic acids is 1. The van der Waals surface area contributed by atoms with E-state index in [0.717, 1.165) is 48.4 Å².